The second-order valence-corrected chi connectivity index (χ2v) is 9.46. The van der Waals surface area contributed by atoms with Gasteiger partial charge in [0, 0.05) is 5.41 Å². The second-order valence-electron chi connectivity index (χ2n) is 9.46. The molecule has 0 radical (unpaired) electrons. The summed E-state index contributed by atoms with van der Waals surface area (Å²) in [4.78, 5) is 0. The van der Waals surface area contributed by atoms with E-state index in [1.54, 1.807) is 0 Å². The van der Waals surface area contributed by atoms with E-state index in [-0.39, 0.29) is 5.41 Å². The van der Waals surface area contributed by atoms with Crippen LogP contribution >= 0.6 is 0 Å². The molecule has 0 saturated heterocycles. The monoisotopic (exact) mass is 382 g/mol. The summed E-state index contributed by atoms with van der Waals surface area (Å²) in [6, 6.07) is 32.0. The molecule has 142 valence electrons. The molecule has 0 nitrogen and oxygen atoms in total. The zero-order valence-electron chi connectivity index (χ0n) is 17.3. The van der Waals surface area contributed by atoms with Crippen molar-refractivity contribution in [3.05, 3.63) is 107 Å². The Bertz CT molecular complexity index is 1530. The quantitative estimate of drug-likeness (QED) is 0.251. The lowest BCUT2D eigenvalue weighted by atomic mass is 9.81. The molecule has 0 spiro atoms. The maximum atomic E-state index is 2.50. The van der Waals surface area contributed by atoms with Gasteiger partial charge in [0.05, 0.1) is 0 Å². The van der Waals surface area contributed by atoms with Gasteiger partial charge in [-0.3, -0.25) is 0 Å². The van der Waals surface area contributed by atoms with Crippen molar-refractivity contribution < 1.29 is 0 Å². The molecule has 30 heavy (non-hydrogen) atoms. The molecule has 0 aromatic heterocycles. The molecule has 7 rings (SSSR count). The predicted molar refractivity (Wildman–Crippen MR) is 127 cm³/mol. The fourth-order valence-corrected chi connectivity index (χ4v) is 5.80. The Morgan fingerprint density at radius 1 is 0.500 bits per heavy atom. The molecule has 0 N–H and O–H groups in total. The van der Waals surface area contributed by atoms with E-state index in [0.717, 1.165) is 6.42 Å². The minimum Gasteiger partial charge on any atom is -0.0616 e. The minimum atomic E-state index is 0.0172. The van der Waals surface area contributed by atoms with Gasteiger partial charge in [0.25, 0.3) is 0 Å². The molecule has 5 aromatic carbocycles. The van der Waals surface area contributed by atoms with E-state index >= 15 is 0 Å². The van der Waals surface area contributed by atoms with E-state index in [4.69, 9.17) is 0 Å². The Balaban J connectivity index is 1.49. The normalized spacial score (nSPS) is 15.1. The van der Waals surface area contributed by atoms with Crippen LogP contribution in [-0.4, -0.2) is 0 Å². The molecular formula is C30H22. The average Bonchev–Trinajstić information content (AvgIpc) is 3.21. The molecule has 0 fully saturated rings. The van der Waals surface area contributed by atoms with Crippen molar-refractivity contribution in [2.45, 2.75) is 25.7 Å². The van der Waals surface area contributed by atoms with E-state index in [1.165, 1.54) is 66.1 Å². The summed E-state index contributed by atoms with van der Waals surface area (Å²) in [6.45, 7) is 4.77. The standard InChI is InChI=1S/C30H22/c1-30(2)28-16-21-10-6-5-9-20(21)14-26(28)27-15-23-12-22-11-18-7-3-4-8-19(18)13-24(22)25(23)17-29(27)30/h3-11,13-17H,12H2,1-2H3. The third-order valence-corrected chi connectivity index (χ3v) is 7.41. The molecule has 0 aliphatic heterocycles. The summed E-state index contributed by atoms with van der Waals surface area (Å²) in [5, 5.41) is 5.34. The molecule has 0 amide bonds. The molecule has 0 saturated carbocycles. The molecule has 0 heterocycles. The van der Waals surface area contributed by atoms with Gasteiger partial charge in [-0.05, 0) is 103 Å². The first kappa shape index (κ1) is 16.4. The van der Waals surface area contributed by atoms with Crippen molar-refractivity contribution in [1.82, 2.24) is 0 Å². The fraction of sp³-hybridized carbons (Fsp3) is 0.133. The third-order valence-electron chi connectivity index (χ3n) is 7.41. The van der Waals surface area contributed by atoms with Gasteiger partial charge >= 0.3 is 0 Å². The minimum absolute atomic E-state index is 0.0172. The summed E-state index contributed by atoms with van der Waals surface area (Å²) in [7, 11) is 0. The van der Waals surface area contributed by atoms with Crippen LogP contribution in [0.4, 0.5) is 0 Å². The van der Waals surface area contributed by atoms with Gasteiger partial charge < -0.3 is 0 Å². The number of rotatable bonds is 0. The Morgan fingerprint density at radius 2 is 0.967 bits per heavy atom. The summed E-state index contributed by atoms with van der Waals surface area (Å²) in [6.07, 6.45) is 1.03. The lowest BCUT2D eigenvalue weighted by Gasteiger charge is -2.22. The highest BCUT2D eigenvalue weighted by atomic mass is 14.4. The van der Waals surface area contributed by atoms with Crippen LogP contribution in [-0.2, 0) is 11.8 Å². The molecular weight excluding hydrogens is 360 g/mol. The van der Waals surface area contributed by atoms with Crippen LogP contribution in [0.5, 0.6) is 0 Å². The van der Waals surface area contributed by atoms with Crippen molar-refractivity contribution in [1.29, 1.82) is 0 Å². The first-order valence-electron chi connectivity index (χ1n) is 10.8. The van der Waals surface area contributed by atoms with Crippen LogP contribution in [0.15, 0.2) is 84.9 Å². The summed E-state index contributed by atoms with van der Waals surface area (Å²) in [5.41, 5.74) is 11.6. The van der Waals surface area contributed by atoms with Gasteiger partial charge in [0.2, 0.25) is 0 Å². The van der Waals surface area contributed by atoms with Gasteiger partial charge in [0.15, 0.2) is 0 Å². The van der Waals surface area contributed by atoms with Crippen LogP contribution in [0.2, 0.25) is 0 Å². The third kappa shape index (κ3) is 2.01. The zero-order chi connectivity index (χ0) is 20.0. The van der Waals surface area contributed by atoms with Crippen molar-refractivity contribution in [3.63, 3.8) is 0 Å². The molecule has 0 atom stereocenters. The van der Waals surface area contributed by atoms with Gasteiger partial charge in [-0.2, -0.15) is 0 Å². The van der Waals surface area contributed by atoms with Gasteiger partial charge in [-0.15, -0.1) is 0 Å². The van der Waals surface area contributed by atoms with Crippen LogP contribution in [0.25, 0.3) is 43.8 Å². The van der Waals surface area contributed by atoms with Crippen LogP contribution in [0.1, 0.15) is 36.1 Å². The first-order chi connectivity index (χ1) is 14.6. The summed E-state index contributed by atoms with van der Waals surface area (Å²) < 4.78 is 0. The molecule has 2 aliphatic rings. The summed E-state index contributed by atoms with van der Waals surface area (Å²) >= 11 is 0. The van der Waals surface area contributed by atoms with Gasteiger partial charge in [-0.1, -0.05) is 68.4 Å². The predicted octanol–water partition coefficient (Wildman–Crippen LogP) is 7.87. The summed E-state index contributed by atoms with van der Waals surface area (Å²) in [5.74, 6) is 0. The highest BCUT2D eigenvalue weighted by molar-refractivity contribution is 5.97. The number of hydrogen-bond acceptors (Lipinski definition) is 0. The zero-order valence-corrected chi connectivity index (χ0v) is 17.3. The number of fused-ring (bicyclic) bond motifs is 8. The number of hydrogen-bond donors (Lipinski definition) is 0. The Kier molecular flexibility index (Phi) is 2.96. The van der Waals surface area contributed by atoms with E-state index in [9.17, 15) is 0 Å². The van der Waals surface area contributed by atoms with Crippen LogP contribution in [0, 0.1) is 0 Å². The second kappa shape index (κ2) is 5.40. The first-order valence-corrected chi connectivity index (χ1v) is 10.8. The SMILES string of the molecule is CC1(C)c2cc3c(cc2-c2cc4ccccc4cc21)Cc1cc2ccccc2cc1-3. The van der Waals surface area contributed by atoms with Crippen molar-refractivity contribution in [2.75, 3.05) is 0 Å². The molecule has 0 heteroatoms. The van der Waals surface area contributed by atoms with Crippen molar-refractivity contribution in [2.24, 2.45) is 0 Å². The highest BCUT2D eigenvalue weighted by Gasteiger charge is 2.37. The molecule has 0 unspecified atom stereocenters. The Morgan fingerprint density at radius 3 is 1.67 bits per heavy atom. The molecule has 0 bridgehead atoms. The molecule has 2 aliphatic carbocycles. The van der Waals surface area contributed by atoms with Gasteiger partial charge in [-0.25, -0.2) is 0 Å². The maximum Gasteiger partial charge on any atom is 0.0159 e. The van der Waals surface area contributed by atoms with Crippen molar-refractivity contribution >= 4 is 21.5 Å². The fourth-order valence-electron chi connectivity index (χ4n) is 5.80. The average molecular weight is 383 g/mol. The Hall–Kier alpha value is -3.38. The largest absolute Gasteiger partial charge is 0.0616 e. The van der Waals surface area contributed by atoms with E-state index < -0.39 is 0 Å². The van der Waals surface area contributed by atoms with Crippen molar-refractivity contribution in [3.8, 4) is 22.3 Å². The van der Waals surface area contributed by atoms with Gasteiger partial charge in [0.1, 0.15) is 0 Å². The topological polar surface area (TPSA) is 0 Å². The van der Waals surface area contributed by atoms with Crippen LogP contribution in [0.3, 0.4) is 0 Å². The number of benzene rings is 5. The van der Waals surface area contributed by atoms with E-state index in [1.807, 2.05) is 0 Å². The molecule has 5 aromatic rings. The maximum absolute atomic E-state index is 2.50. The van der Waals surface area contributed by atoms with Crippen LogP contribution < -0.4 is 0 Å². The smallest absolute Gasteiger partial charge is 0.0159 e. The Labute approximate surface area is 176 Å². The highest BCUT2D eigenvalue weighted by Crippen LogP contribution is 2.53. The van der Waals surface area contributed by atoms with E-state index in [2.05, 4.69) is 98.8 Å². The lowest BCUT2D eigenvalue weighted by molar-refractivity contribution is 0.661. The lowest BCUT2D eigenvalue weighted by Crippen LogP contribution is -2.15. The van der Waals surface area contributed by atoms with E-state index in [0.29, 0.717) is 0 Å².